The maximum atomic E-state index is 12.8. The summed E-state index contributed by atoms with van der Waals surface area (Å²) in [6.45, 7) is 0. The molecule has 0 saturated heterocycles. The van der Waals surface area contributed by atoms with Crippen molar-refractivity contribution in [3.63, 3.8) is 0 Å². The second-order valence-electron chi connectivity index (χ2n) is 6.62. The summed E-state index contributed by atoms with van der Waals surface area (Å²) < 4.78 is 43.4. The molecule has 0 fully saturated rings. The molecule has 3 aromatic carbocycles. The number of esters is 1. The topological polar surface area (TPSA) is 137 Å². The normalized spacial score (nSPS) is 11.3. The summed E-state index contributed by atoms with van der Waals surface area (Å²) in [5.41, 5.74) is 0.322. The highest BCUT2D eigenvalue weighted by Gasteiger charge is 2.33. The Hall–Kier alpha value is -4.81. The molecular formula is C21H13F3N4O6. The smallest absolute Gasteiger partial charge is 0.416 e. The van der Waals surface area contributed by atoms with Crippen molar-refractivity contribution in [3.05, 3.63) is 104 Å². The van der Waals surface area contributed by atoms with Gasteiger partial charge >= 0.3 is 12.1 Å². The zero-order valence-electron chi connectivity index (χ0n) is 16.9. The Labute approximate surface area is 188 Å². The van der Waals surface area contributed by atoms with E-state index in [0.717, 1.165) is 12.1 Å². The van der Waals surface area contributed by atoms with Crippen molar-refractivity contribution in [3.8, 4) is 5.75 Å². The lowest BCUT2D eigenvalue weighted by atomic mass is 10.1. The van der Waals surface area contributed by atoms with Gasteiger partial charge in [0.15, 0.2) is 0 Å². The van der Waals surface area contributed by atoms with Crippen LogP contribution in [0.4, 0.5) is 30.2 Å². The van der Waals surface area contributed by atoms with Gasteiger partial charge in [-0.1, -0.05) is 6.07 Å². The van der Waals surface area contributed by atoms with Crippen LogP contribution < -0.4 is 10.2 Å². The Bertz CT molecular complexity index is 1280. The molecule has 0 bridgehead atoms. The summed E-state index contributed by atoms with van der Waals surface area (Å²) >= 11 is 0. The van der Waals surface area contributed by atoms with Crippen molar-refractivity contribution in [1.29, 1.82) is 0 Å². The van der Waals surface area contributed by atoms with E-state index in [1.54, 1.807) is 0 Å². The van der Waals surface area contributed by atoms with E-state index < -0.39 is 33.2 Å². The van der Waals surface area contributed by atoms with Gasteiger partial charge in [0.05, 0.1) is 27.2 Å². The minimum Gasteiger partial charge on any atom is -0.423 e. The van der Waals surface area contributed by atoms with Gasteiger partial charge in [-0.2, -0.15) is 18.3 Å². The highest BCUT2D eigenvalue weighted by molar-refractivity contribution is 5.91. The van der Waals surface area contributed by atoms with Crippen LogP contribution in [0.5, 0.6) is 5.75 Å². The van der Waals surface area contributed by atoms with E-state index in [2.05, 4.69) is 10.5 Å². The molecule has 0 aliphatic rings. The number of benzene rings is 3. The zero-order valence-corrected chi connectivity index (χ0v) is 16.9. The van der Waals surface area contributed by atoms with Crippen LogP contribution >= 0.6 is 0 Å². The van der Waals surface area contributed by atoms with Gasteiger partial charge in [-0.05, 0) is 48.0 Å². The molecule has 0 spiro atoms. The average Bonchev–Trinajstić information content (AvgIpc) is 2.79. The molecule has 0 aromatic heterocycles. The van der Waals surface area contributed by atoms with Gasteiger partial charge < -0.3 is 4.74 Å². The van der Waals surface area contributed by atoms with Crippen LogP contribution in [-0.4, -0.2) is 22.0 Å². The summed E-state index contributed by atoms with van der Waals surface area (Å²) in [4.78, 5) is 32.5. The van der Waals surface area contributed by atoms with E-state index in [4.69, 9.17) is 4.74 Å². The number of ether oxygens (including phenoxy) is 1. The fourth-order valence-corrected chi connectivity index (χ4v) is 2.66. The Morgan fingerprint density at radius 2 is 1.68 bits per heavy atom. The minimum absolute atomic E-state index is 0.0119. The molecule has 0 amide bonds. The molecule has 10 nitrogen and oxygen atoms in total. The first-order valence-corrected chi connectivity index (χ1v) is 9.26. The molecule has 1 N–H and O–H groups in total. The zero-order chi connectivity index (χ0) is 24.9. The third-order valence-corrected chi connectivity index (χ3v) is 4.30. The lowest BCUT2D eigenvalue weighted by molar-refractivity contribution is -0.384. The number of alkyl halides is 3. The molecule has 0 radical (unpaired) electrons. The maximum absolute atomic E-state index is 12.8. The number of nitrogens with one attached hydrogen (secondary N) is 1. The Morgan fingerprint density at radius 3 is 2.29 bits per heavy atom. The van der Waals surface area contributed by atoms with Gasteiger partial charge in [-0.25, -0.2) is 4.79 Å². The summed E-state index contributed by atoms with van der Waals surface area (Å²) in [5.74, 6) is -0.665. The second kappa shape index (κ2) is 9.77. The number of rotatable bonds is 7. The monoisotopic (exact) mass is 474 g/mol. The summed E-state index contributed by atoms with van der Waals surface area (Å²) in [5, 5.41) is 25.7. The highest BCUT2D eigenvalue weighted by atomic mass is 19.4. The van der Waals surface area contributed by atoms with Gasteiger partial charge in [0.1, 0.15) is 11.4 Å². The lowest BCUT2D eigenvalue weighted by Crippen LogP contribution is -2.08. The van der Waals surface area contributed by atoms with Crippen molar-refractivity contribution < 1.29 is 32.5 Å². The number of nitro groups is 2. The number of non-ortho nitro benzene ring substituents is 1. The molecule has 0 saturated carbocycles. The number of hydrazone groups is 1. The molecular weight excluding hydrogens is 461 g/mol. The largest absolute Gasteiger partial charge is 0.423 e. The molecule has 13 heteroatoms. The van der Waals surface area contributed by atoms with Crippen LogP contribution in [0.15, 0.2) is 71.8 Å². The molecule has 34 heavy (non-hydrogen) atoms. The molecule has 0 aliphatic carbocycles. The number of carbonyl (C=O) groups is 1. The first-order valence-electron chi connectivity index (χ1n) is 9.26. The first kappa shape index (κ1) is 23.8. The third-order valence-electron chi connectivity index (χ3n) is 4.30. The molecule has 0 heterocycles. The van der Waals surface area contributed by atoms with Crippen molar-refractivity contribution in [2.24, 2.45) is 5.10 Å². The van der Waals surface area contributed by atoms with Crippen LogP contribution in [0.3, 0.4) is 0 Å². The molecule has 0 unspecified atom stereocenters. The van der Waals surface area contributed by atoms with Crippen LogP contribution in [0, 0.1) is 20.2 Å². The minimum atomic E-state index is -4.73. The van der Waals surface area contributed by atoms with Crippen molar-refractivity contribution >= 4 is 29.2 Å². The number of anilines is 1. The fourth-order valence-electron chi connectivity index (χ4n) is 2.66. The average molecular weight is 474 g/mol. The van der Waals surface area contributed by atoms with E-state index in [1.165, 1.54) is 48.7 Å². The van der Waals surface area contributed by atoms with Gasteiger partial charge in [0.25, 0.3) is 11.4 Å². The number of nitro benzene ring substituents is 2. The van der Waals surface area contributed by atoms with E-state index in [-0.39, 0.29) is 22.7 Å². The van der Waals surface area contributed by atoms with Gasteiger partial charge in [-0.15, -0.1) is 0 Å². The molecule has 3 aromatic rings. The van der Waals surface area contributed by atoms with Gasteiger partial charge in [0, 0.05) is 18.2 Å². The van der Waals surface area contributed by atoms with Crippen LogP contribution in [0.25, 0.3) is 0 Å². The molecule has 3 rings (SSSR count). The summed E-state index contributed by atoms with van der Waals surface area (Å²) in [7, 11) is 0. The number of halogens is 3. The number of nitrogens with zero attached hydrogens (tertiary/aromatic N) is 3. The summed E-state index contributed by atoms with van der Waals surface area (Å²) in [6.07, 6.45) is -3.49. The van der Waals surface area contributed by atoms with E-state index >= 15 is 0 Å². The Kier molecular flexibility index (Phi) is 6.85. The van der Waals surface area contributed by atoms with E-state index in [0.29, 0.717) is 17.7 Å². The van der Waals surface area contributed by atoms with Crippen LogP contribution in [0.2, 0.25) is 0 Å². The number of carbonyl (C=O) groups excluding carboxylic acids is 1. The van der Waals surface area contributed by atoms with Gasteiger partial charge in [-0.3, -0.25) is 25.7 Å². The first-order chi connectivity index (χ1) is 16.0. The number of hydrogen-bond donors (Lipinski definition) is 1. The number of hydrogen-bond acceptors (Lipinski definition) is 8. The van der Waals surface area contributed by atoms with Crippen molar-refractivity contribution in [1.82, 2.24) is 0 Å². The van der Waals surface area contributed by atoms with Crippen LogP contribution in [-0.2, 0) is 6.18 Å². The van der Waals surface area contributed by atoms with E-state index in [1.807, 2.05) is 0 Å². The molecule has 174 valence electrons. The lowest BCUT2D eigenvalue weighted by Gasteiger charge is -2.08. The maximum Gasteiger partial charge on any atom is 0.416 e. The molecule has 0 atom stereocenters. The van der Waals surface area contributed by atoms with E-state index in [9.17, 15) is 38.2 Å². The SMILES string of the molecule is O=C(Oc1ccc(C=NNc2ccc(C(F)(F)F)cc2[N+](=O)[O-])cc1)c1cccc([N+](=O)[O-])c1. The highest BCUT2D eigenvalue weighted by Crippen LogP contribution is 2.35. The second-order valence-corrected chi connectivity index (χ2v) is 6.62. The fraction of sp³-hybridized carbons (Fsp3) is 0.0476. The Morgan fingerprint density at radius 1 is 0.971 bits per heavy atom. The van der Waals surface area contributed by atoms with Crippen molar-refractivity contribution in [2.75, 3.05) is 5.43 Å². The third kappa shape index (κ3) is 5.91. The predicted octanol–water partition coefficient (Wildman–Crippen LogP) is 5.19. The molecule has 0 aliphatic heterocycles. The van der Waals surface area contributed by atoms with Crippen molar-refractivity contribution in [2.45, 2.75) is 6.18 Å². The van der Waals surface area contributed by atoms with Gasteiger partial charge in [0.2, 0.25) is 0 Å². The van der Waals surface area contributed by atoms with Crippen LogP contribution in [0.1, 0.15) is 21.5 Å². The quantitative estimate of drug-likeness (QED) is 0.164. The standard InChI is InChI=1S/C21H13F3N4O6/c22-21(23,24)15-6-9-18(19(11-15)28(32)33)26-25-12-13-4-7-17(8-5-13)34-20(29)14-2-1-3-16(10-14)27(30)31/h1-12,26H. The summed E-state index contributed by atoms with van der Waals surface area (Å²) in [6, 6.07) is 12.8. The Balaban J connectivity index is 1.66. The predicted molar refractivity (Wildman–Crippen MR) is 114 cm³/mol.